The summed E-state index contributed by atoms with van der Waals surface area (Å²) in [7, 11) is 0. The van der Waals surface area contributed by atoms with E-state index in [0.29, 0.717) is 13.0 Å². The molecule has 0 aromatic carbocycles. The van der Waals surface area contributed by atoms with E-state index in [-0.39, 0.29) is 18.7 Å². The molecule has 0 aromatic heterocycles. The van der Waals surface area contributed by atoms with Crippen LogP contribution in [-0.2, 0) is 34.0 Å². The van der Waals surface area contributed by atoms with Crippen molar-refractivity contribution in [1.29, 1.82) is 0 Å². The van der Waals surface area contributed by atoms with Crippen LogP contribution in [0, 0.1) is 0 Å². The van der Waals surface area contributed by atoms with Crippen LogP contribution in [0.1, 0.15) is 13.3 Å². The quantitative estimate of drug-likeness (QED) is 0.582. The van der Waals surface area contributed by atoms with Crippen molar-refractivity contribution in [2.45, 2.75) is 31.7 Å². The molecule has 15 heavy (non-hydrogen) atoms. The van der Waals surface area contributed by atoms with Crippen molar-refractivity contribution in [1.82, 2.24) is 0 Å². The smallest absolute Gasteiger partial charge is 0.305 e. The van der Waals surface area contributed by atoms with Gasteiger partial charge in [0.25, 0.3) is 0 Å². The van der Waals surface area contributed by atoms with Crippen molar-refractivity contribution >= 4 is 17.3 Å². The van der Waals surface area contributed by atoms with E-state index in [2.05, 4.69) is 0 Å². The Balaban J connectivity index is 2.03. The molecule has 0 radical (unpaired) electrons. The first-order chi connectivity index (χ1) is 7.16. The number of ether oxygens (including phenoxy) is 2. The minimum atomic E-state index is -1.77. The third-order valence-corrected chi connectivity index (χ3v) is 3.01. The highest BCUT2D eigenvalue weighted by Crippen LogP contribution is 2.25. The lowest BCUT2D eigenvalue weighted by molar-refractivity contribution is -0.180. The number of hydrogen-bond donors (Lipinski definition) is 0. The van der Waals surface area contributed by atoms with E-state index < -0.39 is 23.6 Å². The second-order valence-electron chi connectivity index (χ2n) is 3.40. The van der Waals surface area contributed by atoms with Crippen molar-refractivity contribution in [2.75, 3.05) is 13.2 Å². The third-order valence-electron chi connectivity index (χ3n) is 2.30. The highest BCUT2D eigenvalue weighted by Gasteiger charge is 2.42. The number of rotatable bonds is 1. The van der Waals surface area contributed by atoms with Gasteiger partial charge >= 0.3 is 17.3 Å². The normalized spacial score (nSPS) is 40.6. The Bertz CT molecular complexity index is 280. The second kappa shape index (κ2) is 4.56. The molecular weight excluding hydrogens is 224 g/mol. The monoisotopic (exact) mass is 236 g/mol. The fourth-order valence-corrected chi connectivity index (χ4v) is 2.41. The Morgan fingerprint density at radius 1 is 1.53 bits per heavy atom. The number of fused-ring (bicyclic) bond motifs is 1. The first kappa shape index (κ1) is 11.0. The predicted octanol–water partition coefficient (Wildman–Crippen LogP) is -0.299. The average Bonchev–Trinajstić information content (AvgIpc) is 2.18. The minimum absolute atomic E-state index is 0.203. The Morgan fingerprint density at radius 3 is 3.07 bits per heavy atom. The van der Waals surface area contributed by atoms with Crippen LogP contribution in [0.15, 0.2) is 0 Å². The van der Waals surface area contributed by atoms with Crippen LogP contribution >= 0.6 is 0 Å². The maximum atomic E-state index is 11.0. The molecule has 2 rings (SSSR count). The topological polar surface area (TPSA) is 71.1 Å². The van der Waals surface area contributed by atoms with Gasteiger partial charge in [-0.25, -0.2) is 0 Å². The van der Waals surface area contributed by atoms with Crippen molar-refractivity contribution < 1.29 is 26.8 Å². The predicted molar refractivity (Wildman–Crippen MR) is 48.9 cm³/mol. The van der Waals surface area contributed by atoms with Crippen molar-refractivity contribution in [2.24, 2.45) is 0 Å². The van der Waals surface area contributed by atoms with Crippen LogP contribution in [0.3, 0.4) is 0 Å². The summed E-state index contributed by atoms with van der Waals surface area (Å²) < 4.78 is 31.3. The van der Waals surface area contributed by atoms with Gasteiger partial charge in [0.2, 0.25) is 0 Å². The summed E-state index contributed by atoms with van der Waals surface area (Å²) >= 11 is -1.77. The molecular formula is C8H12O6S. The van der Waals surface area contributed by atoms with E-state index in [4.69, 9.17) is 17.8 Å². The molecule has 0 amide bonds. The van der Waals surface area contributed by atoms with Crippen LogP contribution in [0.5, 0.6) is 0 Å². The average molecular weight is 236 g/mol. The van der Waals surface area contributed by atoms with Gasteiger partial charge in [0.15, 0.2) is 0 Å². The molecule has 0 aromatic rings. The van der Waals surface area contributed by atoms with E-state index >= 15 is 0 Å². The van der Waals surface area contributed by atoms with Gasteiger partial charge in [0.05, 0.1) is 13.2 Å². The highest BCUT2D eigenvalue weighted by atomic mass is 32.2. The van der Waals surface area contributed by atoms with Crippen LogP contribution < -0.4 is 0 Å². The fraction of sp³-hybridized carbons (Fsp3) is 0.875. The molecule has 2 aliphatic rings. The van der Waals surface area contributed by atoms with E-state index in [1.54, 1.807) is 0 Å². The molecule has 2 fully saturated rings. The molecule has 2 aliphatic heterocycles. The largest absolute Gasteiger partial charge is 0.460 e. The maximum Gasteiger partial charge on any atom is 0.305 e. The number of carbonyl (C=O) groups is 1. The Labute approximate surface area is 89.7 Å². The SMILES string of the molecule is CC(=O)O[C@@H]1CCO[C@@H]2COS(=O)O[C@@H]21. The highest BCUT2D eigenvalue weighted by molar-refractivity contribution is 7.75. The van der Waals surface area contributed by atoms with Gasteiger partial charge in [-0.05, 0) is 0 Å². The zero-order valence-corrected chi connectivity index (χ0v) is 9.03. The summed E-state index contributed by atoms with van der Waals surface area (Å²) in [6.07, 6.45) is -0.634. The van der Waals surface area contributed by atoms with E-state index in [1.165, 1.54) is 6.92 Å². The Morgan fingerprint density at radius 2 is 2.33 bits per heavy atom. The van der Waals surface area contributed by atoms with Gasteiger partial charge in [-0.1, -0.05) is 0 Å². The van der Waals surface area contributed by atoms with Gasteiger partial charge in [-0.3, -0.25) is 13.2 Å². The molecule has 0 spiro atoms. The third kappa shape index (κ3) is 2.54. The summed E-state index contributed by atoms with van der Waals surface area (Å²) in [6, 6.07) is 0. The summed E-state index contributed by atoms with van der Waals surface area (Å²) in [6.45, 7) is 2.02. The van der Waals surface area contributed by atoms with Crippen molar-refractivity contribution in [3.63, 3.8) is 0 Å². The molecule has 86 valence electrons. The van der Waals surface area contributed by atoms with Gasteiger partial charge in [0, 0.05) is 13.3 Å². The maximum absolute atomic E-state index is 11.0. The van der Waals surface area contributed by atoms with Crippen molar-refractivity contribution in [3.8, 4) is 0 Å². The number of esters is 1. The Kier molecular flexibility index (Phi) is 3.35. The molecule has 2 saturated heterocycles. The summed E-state index contributed by atoms with van der Waals surface area (Å²) in [5, 5.41) is 0. The lowest BCUT2D eigenvalue weighted by Gasteiger charge is -2.38. The molecule has 7 heteroatoms. The van der Waals surface area contributed by atoms with E-state index in [9.17, 15) is 9.00 Å². The van der Waals surface area contributed by atoms with Crippen LogP contribution in [0.4, 0.5) is 0 Å². The summed E-state index contributed by atoms with van der Waals surface area (Å²) in [5.74, 6) is -0.374. The summed E-state index contributed by atoms with van der Waals surface area (Å²) in [5.41, 5.74) is 0. The minimum Gasteiger partial charge on any atom is -0.460 e. The van der Waals surface area contributed by atoms with Crippen LogP contribution in [0.2, 0.25) is 0 Å². The molecule has 0 bridgehead atoms. The fourth-order valence-electron chi connectivity index (χ4n) is 1.68. The molecule has 6 nitrogen and oxygen atoms in total. The molecule has 0 N–H and O–H groups in total. The van der Waals surface area contributed by atoms with Crippen LogP contribution in [0.25, 0.3) is 0 Å². The molecule has 1 unspecified atom stereocenters. The van der Waals surface area contributed by atoms with E-state index in [1.807, 2.05) is 0 Å². The first-order valence-electron chi connectivity index (χ1n) is 4.68. The zero-order valence-electron chi connectivity index (χ0n) is 8.21. The lowest BCUT2D eigenvalue weighted by Crippen LogP contribution is -2.53. The van der Waals surface area contributed by atoms with Gasteiger partial charge in [0.1, 0.15) is 18.3 Å². The zero-order chi connectivity index (χ0) is 10.8. The van der Waals surface area contributed by atoms with Gasteiger partial charge in [-0.15, -0.1) is 0 Å². The summed E-state index contributed by atoms with van der Waals surface area (Å²) in [4.78, 5) is 10.8. The number of carbonyl (C=O) groups excluding carboxylic acids is 1. The lowest BCUT2D eigenvalue weighted by atomic mass is 10.0. The first-order valence-corrected chi connectivity index (χ1v) is 5.68. The molecule has 4 atom stereocenters. The molecule has 0 saturated carbocycles. The molecule has 0 aliphatic carbocycles. The van der Waals surface area contributed by atoms with Gasteiger partial charge in [-0.2, -0.15) is 4.21 Å². The Hall–Kier alpha value is -0.500. The second-order valence-corrected chi connectivity index (χ2v) is 4.23. The van der Waals surface area contributed by atoms with Crippen LogP contribution in [-0.4, -0.2) is 41.7 Å². The number of hydrogen-bond acceptors (Lipinski definition) is 6. The standard InChI is InChI=1S/C8H12O6S/c1-5(9)13-6-2-3-11-7-4-12-15(10)14-8(6)7/h6-8H,2-4H2,1H3/t6-,7-,8-,15?/m1/s1. The molecule has 2 heterocycles. The van der Waals surface area contributed by atoms with Crippen molar-refractivity contribution in [3.05, 3.63) is 0 Å². The van der Waals surface area contributed by atoms with Gasteiger partial charge < -0.3 is 9.47 Å². The van der Waals surface area contributed by atoms with E-state index in [0.717, 1.165) is 0 Å².